The molecular weight excluding hydrogens is 290 g/mol. The van der Waals surface area contributed by atoms with Gasteiger partial charge in [0, 0.05) is 11.3 Å². The Morgan fingerprint density at radius 1 is 0.727 bits per heavy atom. The van der Waals surface area contributed by atoms with Crippen LogP contribution < -0.4 is 5.73 Å². The molecule has 0 aliphatic carbocycles. The van der Waals surface area contributed by atoms with Gasteiger partial charge in [0.05, 0.1) is 16.7 Å². The van der Waals surface area contributed by atoms with Crippen molar-refractivity contribution in [2.24, 2.45) is 0 Å². The summed E-state index contributed by atoms with van der Waals surface area (Å²) in [5.74, 6) is -3.70. The molecule has 0 spiro atoms. The number of carboxylic acid groups (broad SMARTS) is 3. The predicted octanol–water partition coefficient (Wildman–Crippen LogP) is 2.03. The second-order valence-electron chi connectivity index (χ2n) is 4.52. The smallest absolute Gasteiger partial charge is 0.335 e. The lowest BCUT2D eigenvalue weighted by Gasteiger charge is -2.09. The van der Waals surface area contributed by atoms with E-state index in [-0.39, 0.29) is 27.9 Å². The first-order valence-electron chi connectivity index (χ1n) is 6.04. The van der Waals surface area contributed by atoms with E-state index in [1.807, 2.05) is 0 Å². The molecule has 0 atom stereocenters. The number of nitrogen functional groups attached to an aromatic ring is 1. The molecule has 0 aliphatic heterocycles. The van der Waals surface area contributed by atoms with Crippen LogP contribution in [-0.4, -0.2) is 33.2 Å². The third kappa shape index (κ3) is 2.88. The van der Waals surface area contributed by atoms with Gasteiger partial charge in [-0.25, -0.2) is 14.4 Å². The molecular formula is C15H11NO6. The van der Waals surface area contributed by atoms with E-state index in [1.165, 1.54) is 30.3 Å². The molecule has 0 saturated carbocycles. The highest BCUT2D eigenvalue weighted by molar-refractivity contribution is 5.97. The van der Waals surface area contributed by atoms with Crippen molar-refractivity contribution in [2.45, 2.75) is 0 Å². The molecule has 22 heavy (non-hydrogen) atoms. The number of nitrogens with two attached hydrogens (primary N) is 1. The number of anilines is 1. The summed E-state index contributed by atoms with van der Waals surface area (Å²) in [5.41, 5.74) is 6.12. The second kappa shape index (κ2) is 5.57. The largest absolute Gasteiger partial charge is 0.478 e. The quantitative estimate of drug-likeness (QED) is 0.634. The SMILES string of the molecule is Nc1cc(C(=O)O)ccc1-c1cc(C(=O)O)cc(C(=O)O)c1. The Bertz CT molecular complexity index is 764. The Hall–Kier alpha value is -3.35. The molecule has 0 fully saturated rings. The van der Waals surface area contributed by atoms with Gasteiger partial charge in [-0.05, 0) is 35.9 Å². The van der Waals surface area contributed by atoms with E-state index in [9.17, 15) is 14.4 Å². The highest BCUT2D eigenvalue weighted by Crippen LogP contribution is 2.29. The van der Waals surface area contributed by atoms with E-state index in [4.69, 9.17) is 21.1 Å². The van der Waals surface area contributed by atoms with Crippen LogP contribution in [0.1, 0.15) is 31.1 Å². The Kier molecular flexibility index (Phi) is 3.81. The fraction of sp³-hybridized carbons (Fsp3) is 0. The summed E-state index contributed by atoms with van der Waals surface area (Å²) in [6, 6.07) is 7.54. The van der Waals surface area contributed by atoms with Crippen molar-refractivity contribution < 1.29 is 29.7 Å². The summed E-state index contributed by atoms with van der Waals surface area (Å²) in [4.78, 5) is 33.0. The molecule has 0 radical (unpaired) electrons. The van der Waals surface area contributed by atoms with Crippen molar-refractivity contribution in [3.63, 3.8) is 0 Å². The number of carboxylic acids is 3. The number of hydrogen-bond acceptors (Lipinski definition) is 4. The second-order valence-corrected chi connectivity index (χ2v) is 4.52. The van der Waals surface area contributed by atoms with E-state index >= 15 is 0 Å². The van der Waals surface area contributed by atoms with Crippen molar-refractivity contribution in [3.05, 3.63) is 53.1 Å². The molecule has 5 N–H and O–H groups in total. The first-order valence-corrected chi connectivity index (χ1v) is 6.04. The molecule has 2 aromatic carbocycles. The van der Waals surface area contributed by atoms with Crippen LogP contribution >= 0.6 is 0 Å². The van der Waals surface area contributed by atoms with E-state index in [0.717, 1.165) is 6.07 Å². The molecule has 0 saturated heterocycles. The minimum absolute atomic E-state index is 0.0194. The molecule has 7 heteroatoms. The minimum atomic E-state index is -1.27. The van der Waals surface area contributed by atoms with E-state index < -0.39 is 17.9 Å². The van der Waals surface area contributed by atoms with E-state index in [2.05, 4.69) is 0 Å². The van der Waals surface area contributed by atoms with Crippen LogP contribution in [0.2, 0.25) is 0 Å². The van der Waals surface area contributed by atoms with Gasteiger partial charge in [0.1, 0.15) is 0 Å². The predicted molar refractivity (Wildman–Crippen MR) is 77.2 cm³/mol. The van der Waals surface area contributed by atoms with Gasteiger partial charge < -0.3 is 21.1 Å². The topological polar surface area (TPSA) is 138 Å². The molecule has 0 amide bonds. The molecule has 112 valence electrons. The molecule has 2 rings (SSSR count). The first-order chi connectivity index (χ1) is 10.3. The van der Waals surface area contributed by atoms with Crippen LogP contribution in [0.25, 0.3) is 11.1 Å². The zero-order valence-corrected chi connectivity index (χ0v) is 11.1. The Morgan fingerprint density at radius 2 is 1.23 bits per heavy atom. The summed E-state index contributed by atoms with van der Waals surface area (Å²) in [7, 11) is 0. The Balaban J connectivity index is 2.63. The van der Waals surface area contributed by atoms with E-state index in [0.29, 0.717) is 5.56 Å². The standard InChI is InChI=1S/C15H11NO6/c16-12-6-7(13(17)18)1-2-11(12)8-3-9(14(19)20)5-10(4-8)15(21)22/h1-6H,16H2,(H,17,18)(H,19,20)(H,21,22). The summed E-state index contributed by atoms with van der Waals surface area (Å²) in [6.45, 7) is 0. The zero-order chi connectivity index (χ0) is 16.4. The molecule has 2 aromatic rings. The Morgan fingerprint density at radius 3 is 1.64 bits per heavy atom. The van der Waals surface area contributed by atoms with Gasteiger partial charge in [0.2, 0.25) is 0 Å². The Labute approximate surface area is 124 Å². The number of rotatable bonds is 4. The fourth-order valence-corrected chi connectivity index (χ4v) is 1.99. The van der Waals surface area contributed by atoms with Crippen LogP contribution in [0.3, 0.4) is 0 Å². The third-order valence-corrected chi connectivity index (χ3v) is 3.04. The number of carbonyl (C=O) groups is 3. The maximum Gasteiger partial charge on any atom is 0.335 e. The van der Waals surface area contributed by atoms with Crippen molar-refractivity contribution in [3.8, 4) is 11.1 Å². The molecule has 0 heterocycles. The van der Waals surface area contributed by atoms with Gasteiger partial charge >= 0.3 is 17.9 Å². The summed E-state index contributed by atoms with van der Waals surface area (Å²) >= 11 is 0. The van der Waals surface area contributed by atoms with E-state index in [1.54, 1.807) is 0 Å². The number of benzene rings is 2. The molecule has 0 bridgehead atoms. The molecule has 0 unspecified atom stereocenters. The third-order valence-electron chi connectivity index (χ3n) is 3.04. The maximum absolute atomic E-state index is 11.1. The number of hydrogen-bond donors (Lipinski definition) is 4. The van der Waals surface area contributed by atoms with Crippen molar-refractivity contribution in [2.75, 3.05) is 5.73 Å². The van der Waals surface area contributed by atoms with Crippen LogP contribution in [0.5, 0.6) is 0 Å². The fourth-order valence-electron chi connectivity index (χ4n) is 1.99. The maximum atomic E-state index is 11.1. The first kappa shape index (κ1) is 15.0. The van der Waals surface area contributed by atoms with Crippen molar-refractivity contribution >= 4 is 23.6 Å². The van der Waals surface area contributed by atoms with Gasteiger partial charge in [-0.1, -0.05) is 6.07 Å². The van der Waals surface area contributed by atoms with Crippen LogP contribution in [0.15, 0.2) is 36.4 Å². The van der Waals surface area contributed by atoms with Gasteiger partial charge in [0.15, 0.2) is 0 Å². The van der Waals surface area contributed by atoms with Gasteiger partial charge in [-0.15, -0.1) is 0 Å². The lowest BCUT2D eigenvalue weighted by atomic mass is 9.97. The minimum Gasteiger partial charge on any atom is -0.478 e. The van der Waals surface area contributed by atoms with Crippen molar-refractivity contribution in [1.29, 1.82) is 0 Å². The summed E-state index contributed by atoms with van der Waals surface area (Å²) in [6.07, 6.45) is 0. The molecule has 0 aliphatic rings. The average molecular weight is 301 g/mol. The summed E-state index contributed by atoms with van der Waals surface area (Å²) in [5, 5.41) is 27.0. The highest BCUT2D eigenvalue weighted by Gasteiger charge is 2.14. The lowest BCUT2D eigenvalue weighted by molar-refractivity contribution is 0.0682. The van der Waals surface area contributed by atoms with Crippen LogP contribution in [0, 0.1) is 0 Å². The monoisotopic (exact) mass is 301 g/mol. The zero-order valence-electron chi connectivity index (χ0n) is 11.1. The highest BCUT2D eigenvalue weighted by atomic mass is 16.4. The van der Waals surface area contributed by atoms with Crippen LogP contribution in [-0.2, 0) is 0 Å². The molecule has 7 nitrogen and oxygen atoms in total. The summed E-state index contributed by atoms with van der Waals surface area (Å²) < 4.78 is 0. The van der Waals surface area contributed by atoms with Gasteiger partial charge in [0.25, 0.3) is 0 Å². The normalized spacial score (nSPS) is 10.2. The van der Waals surface area contributed by atoms with Gasteiger partial charge in [-0.2, -0.15) is 0 Å². The van der Waals surface area contributed by atoms with Crippen LogP contribution in [0.4, 0.5) is 5.69 Å². The average Bonchev–Trinajstić information content (AvgIpc) is 2.46. The van der Waals surface area contributed by atoms with Gasteiger partial charge in [-0.3, -0.25) is 0 Å². The van der Waals surface area contributed by atoms with Crippen molar-refractivity contribution in [1.82, 2.24) is 0 Å². The molecule has 0 aromatic heterocycles. The number of aromatic carboxylic acids is 3. The lowest BCUT2D eigenvalue weighted by Crippen LogP contribution is -2.04.